The number of H-pyrrole nitrogens is 1. The highest BCUT2D eigenvalue weighted by Gasteiger charge is 2.22. The Morgan fingerprint density at radius 2 is 1.94 bits per heavy atom. The average molecular weight is 430 g/mol. The lowest BCUT2D eigenvalue weighted by atomic mass is 10.2. The summed E-state index contributed by atoms with van der Waals surface area (Å²) >= 11 is 0. The fourth-order valence-corrected chi connectivity index (χ4v) is 2.46. The van der Waals surface area contributed by atoms with Gasteiger partial charge in [-0.15, -0.1) is 0 Å². The maximum absolute atomic E-state index is 12.5. The Bertz CT molecular complexity index is 964. The number of carbonyl (C=O) groups excluding carboxylic acids is 1. The van der Waals surface area contributed by atoms with Gasteiger partial charge >= 0.3 is 11.8 Å². The van der Waals surface area contributed by atoms with Gasteiger partial charge in [0.05, 0.1) is 11.4 Å². The number of ether oxygens (including phenoxy) is 1. The number of hydrogen-bond donors (Lipinski definition) is 3. The molecule has 0 atom stereocenters. The number of carbonyl (C=O) groups is 1. The number of amides is 1. The molecule has 1 heterocycles. The number of nitrogens with one attached hydrogen (secondary N) is 3. The second-order valence-electron chi connectivity index (χ2n) is 8.02. The van der Waals surface area contributed by atoms with Gasteiger partial charge in [0.25, 0.3) is 0 Å². The fraction of sp³-hybridized carbons (Fsp3) is 0.435. The molecule has 8 nitrogen and oxygen atoms in total. The molecule has 0 bridgehead atoms. The van der Waals surface area contributed by atoms with E-state index in [2.05, 4.69) is 30.7 Å². The molecule has 0 fully saturated rings. The van der Waals surface area contributed by atoms with Gasteiger partial charge in [-0.05, 0) is 52.1 Å². The van der Waals surface area contributed by atoms with Gasteiger partial charge in [0.2, 0.25) is 0 Å². The molecule has 0 aliphatic carbocycles. The van der Waals surface area contributed by atoms with Crippen molar-refractivity contribution in [3.8, 4) is 5.69 Å². The molecule has 0 radical (unpaired) electrons. The second-order valence-corrected chi connectivity index (χ2v) is 8.02. The third-order valence-corrected chi connectivity index (χ3v) is 4.15. The lowest BCUT2D eigenvalue weighted by molar-refractivity contribution is 0.0589. The standard InChI is InChI=1S/C19H25N5O3.C4H10/c1-7-21-16-15(12(2)20)22-17(25)24(16)14-10-8-9-13(11-14)23(6)18(26)27-19(3,4)5;1-3-4-2/h7-11,20-21H,1H2,2-6H3,(H,22,25);3-4H2,1-2H3. The van der Waals surface area contributed by atoms with Crippen LogP contribution in [0, 0.1) is 5.41 Å². The van der Waals surface area contributed by atoms with E-state index in [1.54, 1.807) is 59.0 Å². The normalized spacial score (nSPS) is 10.5. The first-order valence-corrected chi connectivity index (χ1v) is 10.3. The first-order valence-electron chi connectivity index (χ1n) is 10.3. The summed E-state index contributed by atoms with van der Waals surface area (Å²) in [7, 11) is 1.60. The maximum atomic E-state index is 12.5. The fourth-order valence-electron chi connectivity index (χ4n) is 2.46. The van der Waals surface area contributed by atoms with Crippen molar-refractivity contribution in [1.82, 2.24) is 9.55 Å². The van der Waals surface area contributed by atoms with Gasteiger partial charge in [0.1, 0.15) is 17.1 Å². The van der Waals surface area contributed by atoms with Gasteiger partial charge in [-0.3, -0.25) is 4.90 Å². The molecule has 0 unspecified atom stereocenters. The molecule has 3 N–H and O–H groups in total. The largest absolute Gasteiger partial charge is 0.443 e. The summed E-state index contributed by atoms with van der Waals surface area (Å²) in [5.74, 6) is 0.402. The summed E-state index contributed by atoms with van der Waals surface area (Å²) in [5.41, 5.74) is 0.646. The number of aromatic nitrogens is 2. The van der Waals surface area contributed by atoms with E-state index in [1.165, 1.54) is 28.5 Å². The minimum atomic E-state index is -0.613. The number of imidazole rings is 1. The van der Waals surface area contributed by atoms with Crippen LogP contribution in [-0.2, 0) is 4.74 Å². The van der Waals surface area contributed by atoms with Crippen LogP contribution in [0.25, 0.3) is 5.69 Å². The minimum Gasteiger partial charge on any atom is -0.443 e. The van der Waals surface area contributed by atoms with Gasteiger partial charge in [-0.2, -0.15) is 0 Å². The zero-order chi connectivity index (χ0) is 23.8. The molecule has 0 aliphatic heterocycles. The zero-order valence-electron chi connectivity index (χ0n) is 19.6. The first-order chi connectivity index (χ1) is 14.5. The summed E-state index contributed by atoms with van der Waals surface area (Å²) < 4.78 is 6.77. The number of anilines is 2. The lowest BCUT2D eigenvalue weighted by Crippen LogP contribution is -2.34. The smallest absolute Gasteiger partial charge is 0.414 e. The third-order valence-electron chi connectivity index (χ3n) is 4.15. The van der Waals surface area contributed by atoms with Crippen LogP contribution in [-0.4, -0.2) is 34.0 Å². The molecule has 31 heavy (non-hydrogen) atoms. The van der Waals surface area contributed by atoms with Crippen LogP contribution in [0.1, 0.15) is 60.1 Å². The van der Waals surface area contributed by atoms with E-state index in [0.29, 0.717) is 22.9 Å². The SMILES string of the molecule is C=CNc1c(C(C)=N)[nH]c(=O)n1-c1cccc(N(C)C(=O)OC(C)(C)C)c1.CCCC. The highest BCUT2D eigenvalue weighted by atomic mass is 16.6. The molecule has 0 saturated carbocycles. The molecule has 0 spiro atoms. The molecular formula is C23H35N5O3. The number of rotatable bonds is 6. The highest BCUT2D eigenvalue weighted by molar-refractivity contribution is 5.99. The Labute approximate surface area is 184 Å². The molecule has 1 aromatic heterocycles. The van der Waals surface area contributed by atoms with Crippen molar-refractivity contribution in [3.05, 3.63) is 53.2 Å². The van der Waals surface area contributed by atoms with Crippen molar-refractivity contribution in [1.29, 1.82) is 5.41 Å². The Kier molecular flexibility index (Phi) is 9.30. The molecule has 0 saturated heterocycles. The van der Waals surface area contributed by atoms with Crippen LogP contribution in [0.3, 0.4) is 0 Å². The Morgan fingerprint density at radius 1 is 1.32 bits per heavy atom. The van der Waals surface area contributed by atoms with E-state index in [0.717, 1.165) is 0 Å². The molecule has 2 rings (SSSR count). The van der Waals surface area contributed by atoms with E-state index in [4.69, 9.17) is 10.1 Å². The quantitative estimate of drug-likeness (QED) is 0.543. The monoisotopic (exact) mass is 429 g/mol. The summed E-state index contributed by atoms with van der Waals surface area (Å²) in [4.78, 5) is 28.8. The third kappa shape index (κ3) is 7.16. The lowest BCUT2D eigenvalue weighted by Gasteiger charge is -2.25. The maximum Gasteiger partial charge on any atom is 0.414 e. The highest BCUT2D eigenvalue weighted by Crippen LogP contribution is 2.23. The molecule has 1 aromatic carbocycles. The van der Waals surface area contributed by atoms with Crippen molar-refractivity contribution in [3.63, 3.8) is 0 Å². The molecule has 8 heteroatoms. The van der Waals surface area contributed by atoms with Crippen LogP contribution in [0.2, 0.25) is 0 Å². The van der Waals surface area contributed by atoms with Crippen LogP contribution < -0.4 is 15.9 Å². The number of benzene rings is 1. The Morgan fingerprint density at radius 3 is 2.42 bits per heavy atom. The van der Waals surface area contributed by atoms with Gasteiger partial charge < -0.3 is 20.4 Å². The van der Waals surface area contributed by atoms with Crippen molar-refractivity contribution in [2.45, 2.75) is 60.0 Å². The van der Waals surface area contributed by atoms with Gasteiger partial charge in [0.15, 0.2) is 0 Å². The number of unbranched alkanes of at least 4 members (excludes halogenated alkanes) is 1. The summed E-state index contributed by atoms with van der Waals surface area (Å²) in [5, 5.41) is 10.7. The van der Waals surface area contributed by atoms with Crippen molar-refractivity contribution < 1.29 is 9.53 Å². The zero-order valence-corrected chi connectivity index (χ0v) is 19.6. The Balaban J connectivity index is 0.00000110. The molecule has 1 amide bonds. The second kappa shape index (κ2) is 11.2. The first kappa shape index (κ1) is 25.7. The average Bonchev–Trinajstić information content (AvgIpc) is 3.03. The van der Waals surface area contributed by atoms with Crippen molar-refractivity contribution in [2.24, 2.45) is 0 Å². The van der Waals surface area contributed by atoms with Gasteiger partial charge in [-0.25, -0.2) is 14.2 Å². The van der Waals surface area contributed by atoms with Crippen molar-refractivity contribution >= 4 is 23.3 Å². The van der Waals surface area contributed by atoms with Crippen LogP contribution in [0.15, 0.2) is 41.8 Å². The molecule has 2 aromatic rings. The molecular weight excluding hydrogens is 394 g/mol. The van der Waals surface area contributed by atoms with Crippen LogP contribution >= 0.6 is 0 Å². The number of hydrogen-bond acceptors (Lipinski definition) is 5. The van der Waals surface area contributed by atoms with E-state index < -0.39 is 17.4 Å². The number of aromatic amines is 1. The predicted molar refractivity (Wildman–Crippen MR) is 128 cm³/mol. The van der Waals surface area contributed by atoms with Crippen LogP contribution in [0.5, 0.6) is 0 Å². The van der Waals surface area contributed by atoms with Crippen LogP contribution in [0.4, 0.5) is 16.3 Å². The van der Waals surface area contributed by atoms with Gasteiger partial charge in [0, 0.05) is 12.7 Å². The predicted octanol–water partition coefficient (Wildman–Crippen LogP) is 5.29. The molecule has 0 aliphatic rings. The summed E-state index contributed by atoms with van der Waals surface area (Å²) in [6.45, 7) is 14.9. The van der Waals surface area contributed by atoms with E-state index in [-0.39, 0.29) is 5.71 Å². The van der Waals surface area contributed by atoms with Crippen molar-refractivity contribution in [2.75, 3.05) is 17.3 Å². The Hall–Kier alpha value is -3.29. The summed E-state index contributed by atoms with van der Waals surface area (Å²) in [6.07, 6.45) is 3.57. The molecule has 170 valence electrons. The van der Waals surface area contributed by atoms with E-state index in [1.807, 2.05) is 0 Å². The topological polar surface area (TPSA) is 103 Å². The van der Waals surface area contributed by atoms with E-state index in [9.17, 15) is 9.59 Å². The summed E-state index contributed by atoms with van der Waals surface area (Å²) in [6, 6.07) is 6.91. The minimum absolute atomic E-state index is 0.206. The number of nitrogens with zero attached hydrogens (tertiary/aromatic N) is 2. The van der Waals surface area contributed by atoms with E-state index >= 15 is 0 Å². The van der Waals surface area contributed by atoms with Gasteiger partial charge in [-0.1, -0.05) is 39.3 Å².